The van der Waals surface area contributed by atoms with E-state index < -0.39 is 10.0 Å². The van der Waals surface area contributed by atoms with Gasteiger partial charge in [0.1, 0.15) is 0 Å². The third-order valence-corrected chi connectivity index (χ3v) is 8.35. The fourth-order valence-electron chi connectivity index (χ4n) is 4.54. The van der Waals surface area contributed by atoms with Gasteiger partial charge in [-0.25, -0.2) is 8.42 Å². The molecule has 2 aromatic carbocycles. The van der Waals surface area contributed by atoms with E-state index in [1.54, 1.807) is 27.4 Å². The lowest BCUT2D eigenvalue weighted by atomic mass is 10.0. The van der Waals surface area contributed by atoms with E-state index in [4.69, 9.17) is 5.26 Å². The van der Waals surface area contributed by atoms with Crippen LogP contribution in [0.15, 0.2) is 53.4 Å². The van der Waals surface area contributed by atoms with Crippen LogP contribution in [0.4, 0.5) is 0 Å². The normalized spacial score (nSPS) is 20.4. The molecule has 1 amide bonds. The molecule has 0 spiro atoms. The molecule has 4 rings (SSSR count). The predicted molar refractivity (Wildman–Crippen MR) is 126 cm³/mol. The maximum absolute atomic E-state index is 13.1. The first-order valence-corrected chi connectivity index (χ1v) is 12.9. The average molecular weight is 467 g/mol. The molecule has 2 saturated heterocycles. The van der Waals surface area contributed by atoms with E-state index in [1.807, 2.05) is 24.3 Å². The van der Waals surface area contributed by atoms with Crippen molar-refractivity contribution in [2.45, 2.75) is 31.2 Å². The molecule has 2 aliphatic heterocycles. The fraction of sp³-hybridized carbons (Fsp3) is 0.440. The van der Waals surface area contributed by atoms with Crippen LogP contribution in [0.25, 0.3) is 0 Å². The number of carbonyl (C=O) groups is 1. The molecule has 0 aliphatic carbocycles. The second-order valence-corrected chi connectivity index (χ2v) is 11.0. The van der Waals surface area contributed by atoms with Crippen LogP contribution >= 0.6 is 0 Å². The van der Waals surface area contributed by atoms with E-state index in [2.05, 4.69) is 17.9 Å². The number of benzene rings is 2. The topological polar surface area (TPSA) is 84.7 Å². The molecule has 1 unspecified atom stereocenters. The van der Waals surface area contributed by atoms with Gasteiger partial charge in [-0.3, -0.25) is 9.69 Å². The van der Waals surface area contributed by atoms with Crippen molar-refractivity contribution < 1.29 is 13.2 Å². The van der Waals surface area contributed by atoms with Crippen molar-refractivity contribution in [2.75, 3.05) is 39.3 Å². The molecule has 0 aromatic heterocycles. The molecular weight excluding hydrogens is 436 g/mol. The van der Waals surface area contributed by atoms with Crippen LogP contribution in [-0.4, -0.2) is 67.7 Å². The van der Waals surface area contributed by atoms with Crippen molar-refractivity contribution in [3.05, 3.63) is 65.2 Å². The van der Waals surface area contributed by atoms with Gasteiger partial charge in [0.25, 0.3) is 5.91 Å². The molecule has 174 valence electrons. The van der Waals surface area contributed by atoms with Crippen LogP contribution in [0.3, 0.4) is 0 Å². The molecule has 0 N–H and O–H groups in total. The lowest BCUT2D eigenvalue weighted by Crippen LogP contribution is -2.48. The number of piperidine rings is 1. The highest BCUT2D eigenvalue weighted by atomic mass is 32.2. The summed E-state index contributed by atoms with van der Waals surface area (Å²) in [6.45, 7) is 6.59. The Hall–Kier alpha value is -2.73. The number of sulfonamides is 1. The van der Waals surface area contributed by atoms with Crippen LogP contribution in [-0.2, 0) is 16.6 Å². The molecular formula is C25H30N4O3S. The second kappa shape index (κ2) is 10.0. The van der Waals surface area contributed by atoms with Crippen molar-refractivity contribution in [3.63, 3.8) is 0 Å². The zero-order valence-electron chi connectivity index (χ0n) is 19.0. The van der Waals surface area contributed by atoms with Gasteiger partial charge in [0.15, 0.2) is 0 Å². The number of hydrogen-bond acceptors (Lipinski definition) is 5. The van der Waals surface area contributed by atoms with Gasteiger partial charge >= 0.3 is 0 Å². The molecule has 2 aromatic rings. The summed E-state index contributed by atoms with van der Waals surface area (Å²) in [5.41, 5.74) is 2.20. The van der Waals surface area contributed by atoms with Gasteiger partial charge in [-0.2, -0.15) is 9.57 Å². The second-order valence-electron chi connectivity index (χ2n) is 9.02. The molecule has 33 heavy (non-hydrogen) atoms. The fourth-order valence-corrected chi connectivity index (χ4v) is 6.18. The zero-order chi connectivity index (χ0) is 23.4. The smallest absolute Gasteiger partial charge is 0.253 e. The molecule has 0 radical (unpaired) electrons. The Labute approximate surface area is 196 Å². The van der Waals surface area contributed by atoms with E-state index in [0.717, 1.165) is 38.0 Å². The van der Waals surface area contributed by atoms with Crippen LogP contribution in [0.2, 0.25) is 0 Å². The lowest BCUT2D eigenvalue weighted by Gasteiger charge is -2.35. The number of rotatable bonds is 5. The van der Waals surface area contributed by atoms with Crippen LogP contribution in [0.1, 0.15) is 41.3 Å². The van der Waals surface area contributed by atoms with Crippen LogP contribution < -0.4 is 0 Å². The molecule has 7 nitrogen and oxygen atoms in total. The Morgan fingerprint density at radius 3 is 2.45 bits per heavy atom. The average Bonchev–Trinajstić information content (AvgIpc) is 2.84. The summed E-state index contributed by atoms with van der Waals surface area (Å²) >= 11 is 0. The number of piperazine rings is 1. The van der Waals surface area contributed by atoms with E-state index >= 15 is 0 Å². The zero-order valence-corrected chi connectivity index (χ0v) is 19.8. The molecule has 2 heterocycles. The summed E-state index contributed by atoms with van der Waals surface area (Å²) in [5.74, 6) is 0.219. The predicted octanol–water partition coefficient (Wildman–Crippen LogP) is 2.94. The highest BCUT2D eigenvalue weighted by Gasteiger charge is 2.30. The maximum atomic E-state index is 13.1. The largest absolute Gasteiger partial charge is 0.336 e. The molecule has 2 aliphatic rings. The molecule has 0 bridgehead atoms. The quantitative estimate of drug-likeness (QED) is 0.676. The minimum absolute atomic E-state index is 0.128. The minimum atomic E-state index is -3.60. The summed E-state index contributed by atoms with van der Waals surface area (Å²) in [6, 6.07) is 16.2. The van der Waals surface area contributed by atoms with E-state index in [1.165, 1.54) is 6.07 Å². The van der Waals surface area contributed by atoms with Gasteiger partial charge in [-0.1, -0.05) is 25.1 Å². The number of nitriles is 1. The third-order valence-electron chi connectivity index (χ3n) is 6.49. The third kappa shape index (κ3) is 5.44. The monoisotopic (exact) mass is 466 g/mol. The standard InChI is InChI=1S/C25H30N4O3S/c1-20-4-3-11-29(18-20)33(31,32)24-6-2-5-23(16-24)25(30)28-14-12-27(13-15-28)19-22-9-7-21(17-26)8-10-22/h2,5-10,16,20H,3-4,11-15,18-19H2,1H3. The first kappa shape index (κ1) is 23.4. The number of nitrogens with zero attached hydrogens (tertiary/aromatic N) is 4. The SMILES string of the molecule is CC1CCCN(S(=O)(=O)c2cccc(C(=O)N3CCN(Cc4ccc(C#N)cc4)CC3)c2)C1. The molecule has 2 fully saturated rings. The number of amides is 1. The molecule has 1 atom stereocenters. The number of carbonyl (C=O) groups excluding carboxylic acids is 1. The summed E-state index contributed by atoms with van der Waals surface area (Å²) in [6.07, 6.45) is 1.91. The first-order chi connectivity index (χ1) is 15.9. The first-order valence-electron chi connectivity index (χ1n) is 11.5. The van der Waals surface area contributed by atoms with Gasteiger partial charge in [0.05, 0.1) is 16.5 Å². The Morgan fingerprint density at radius 1 is 1.06 bits per heavy atom. The van der Waals surface area contributed by atoms with Crippen LogP contribution in [0.5, 0.6) is 0 Å². The van der Waals surface area contributed by atoms with Crippen molar-refractivity contribution in [1.29, 1.82) is 5.26 Å². The Bertz CT molecular complexity index is 1130. The van der Waals surface area contributed by atoms with Gasteiger partial charge in [-0.15, -0.1) is 0 Å². The van der Waals surface area contributed by atoms with Crippen molar-refractivity contribution >= 4 is 15.9 Å². The van der Waals surface area contributed by atoms with Crippen molar-refractivity contribution in [2.24, 2.45) is 5.92 Å². The maximum Gasteiger partial charge on any atom is 0.253 e. The van der Waals surface area contributed by atoms with Gasteiger partial charge in [0, 0.05) is 51.4 Å². The van der Waals surface area contributed by atoms with E-state index in [0.29, 0.717) is 43.2 Å². The lowest BCUT2D eigenvalue weighted by molar-refractivity contribution is 0.0628. The minimum Gasteiger partial charge on any atom is -0.336 e. The molecule has 8 heteroatoms. The molecule has 0 saturated carbocycles. The van der Waals surface area contributed by atoms with Crippen LogP contribution in [0, 0.1) is 17.2 Å². The van der Waals surface area contributed by atoms with E-state index in [9.17, 15) is 13.2 Å². The highest BCUT2D eigenvalue weighted by Crippen LogP contribution is 2.24. The van der Waals surface area contributed by atoms with Gasteiger partial charge < -0.3 is 4.90 Å². The number of hydrogen-bond donors (Lipinski definition) is 0. The summed E-state index contributed by atoms with van der Waals surface area (Å²) in [7, 11) is -3.60. The summed E-state index contributed by atoms with van der Waals surface area (Å²) in [5, 5.41) is 8.93. The Morgan fingerprint density at radius 2 is 1.79 bits per heavy atom. The van der Waals surface area contributed by atoms with E-state index in [-0.39, 0.29) is 10.8 Å². The van der Waals surface area contributed by atoms with Crippen molar-refractivity contribution in [3.8, 4) is 6.07 Å². The Kier molecular flexibility index (Phi) is 7.13. The summed E-state index contributed by atoms with van der Waals surface area (Å²) in [4.78, 5) is 17.4. The summed E-state index contributed by atoms with van der Waals surface area (Å²) < 4.78 is 27.8. The van der Waals surface area contributed by atoms with Crippen molar-refractivity contribution in [1.82, 2.24) is 14.1 Å². The van der Waals surface area contributed by atoms with Gasteiger partial charge in [0.2, 0.25) is 10.0 Å². The Balaban J connectivity index is 1.38. The highest BCUT2D eigenvalue weighted by molar-refractivity contribution is 7.89. The van der Waals surface area contributed by atoms with Gasteiger partial charge in [-0.05, 0) is 54.7 Å².